The summed E-state index contributed by atoms with van der Waals surface area (Å²) < 4.78 is 2.44. The molecular weight excluding hydrogens is 268 g/mol. The Bertz CT molecular complexity index is 535. The predicted octanol–water partition coefficient (Wildman–Crippen LogP) is 5.34. The van der Waals surface area contributed by atoms with Gasteiger partial charge < -0.3 is 0 Å². The number of hydrogen-bond acceptors (Lipinski definition) is 1. The van der Waals surface area contributed by atoms with Gasteiger partial charge in [0.25, 0.3) is 0 Å². The van der Waals surface area contributed by atoms with Crippen molar-refractivity contribution in [3.63, 3.8) is 0 Å². The molecule has 15 heavy (non-hydrogen) atoms. The van der Waals surface area contributed by atoms with Gasteiger partial charge in [-0.2, -0.15) is 0 Å². The fourth-order valence-electron chi connectivity index (χ4n) is 1.63. The average molecular weight is 279 g/mol. The molecule has 0 nitrogen and oxygen atoms in total. The smallest absolute Gasteiger partial charge is 0.0366 e. The van der Waals surface area contributed by atoms with E-state index in [1.807, 2.05) is 13.0 Å². The normalized spacial score (nSPS) is 11.3. The first-order valence-electron chi connectivity index (χ1n) is 4.74. The van der Waals surface area contributed by atoms with Crippen LogP contribution in [0.2, 0.25) is 0 Å². The highest BCUT2D eigenvalue weighted by molar-refractivity contribution is 9.10. The first kappa shape index (κ1) is 10.7. The highest BCUT2D eigenvalue weighted by Gasteiger charge is 2.09. The van der Waals surface area contributed by atoms with Gasteiger partial charge >= 0.3 is 0 Å². The van der Waals surface area contributed by atoms with Crippen LogP contribution in [0.1, 0.15) is 17.4 Å². The number of halogens is 1. The molecule has 1 heterocycles. The van der Waals surface area contributed by atoms with E-state index in [1.54, 1.807) is 11.3 Å². The molecule has 0 aliphatic carbocycles. The fraction of sp³-hybridized carbons (Fsp3) is 0.0769. The summed E-state index contributed by atoms with van der Waals surface area (Å²) in [6.45, 7) is 5.92. The zero-order valence-corrected chi connectivity index (χ0v) is 10.9. The van der Waals surface area contributed by atoms with Crippen molar-refractivity contribution in [1.29, 1.82) is 0 Å². The van der Waals surface area contributed by atoms with Gasteiger partial charge in [0.15, 0.2) is 0 Å². The van der Waals surface area contributed by atoms with Crippen LogP contribution in [0.4, 0.5) is 0 Å². The van der Waals surface area contributed by atoms with E-state index >= 15 is 0 Å². The van der Waals surface area contributed by atoms with Gasteiger partial charge in [0.1, 0.15) is 0 Å². The Morgan fingerprint density at radius 1 is 1.40 bits per heavy atom. The lowest BCUT2D eigenvalue weighted by molar-refractivity contribution is 1.75. The summed E-state index contributed by atoms with van der Waals surface area (Å²) in [6, 6.07) is 6.28. The molecule has 0 radical (unpaired) electrons. The highest BCUT2D eigenvalue weighted by atomic mass is 79.9. The molecule has 0 N–H and O–H groups in total. The van der Waals surface area contributed by atoms with Crippen molar-refractivity contribution in [2.24, 2.45) is 0 Å². The monoisotopic (exact) mass is 278 g/mol. The van der Waals surface area contributed by atoms with Crippen LogP contribution < -0.4 is 0 Å². The maximum atomic E-state index is 3.89. The predicted molar refractivity (Wildman–Crippen MR) is 74.3 cm³/mol. The molecule has 0 aliphatic rings. The second-order valence-electron chi connectivity index (χ2n) is 3.20. The Hall–Kier alpha value is -0.860. The Kier molecular flexibility index (Phi) is 3.08. The SMILES string of the molecule is C=Cc1c(/C=C\C)sc2cccc(Br)c12. The minimum absolute atomic E-state index is 1.14. The van der Waals surface area contributed by atoms with E-state index in [2.05, 4.69) is 52.9 Å². The molecular formula is C13H11BrS. The minimum Gasteiger partial charge on any atom is -0.135 e. The van der Waals surface area contributed by atoms with Crippen LogP contribution in [-0.2, 0) is 0 Å². The largest absolute Gasteiger partial charge is 0.135 e. The van der Waals surface area contributed by atoms with Crippen molar-refractivity contribution in [2.45, 2.75) is 6.92 Å². The van der Waals surface area contributed by atoms with Crippen LogP contribution >= 0.6 is 27.3 Å². The molecule has 2 rings (SSSR count). The molecule has 2 heteroatoms. The fourth-order valence-corrected chi connectivity index (χ4v) is 3.54. The van der Waals surface area contributed by atoms with Crippen LogP contribution in [0.3, 0.4) is 0 Å². The molecule has 0 saturated carbocycles. The van der Waals surface area contributed by atoms with Crippen LogP contribution in [0.25, 0.3) is 22.2 Å². The molecule has 0 aliphatic heterocycles. The van der Waals surface area contributed by atoms with E-state index in [9.17, 15) is 0 Å². The van der Waals surface area contributed by atoms with Crippen LogP contribution in [0.15, 0.2) is 35.3 Å². The van der Waals surface area contributed by atoms with Crippen molar-refractivity contribution < 1.29 is 0 Å². The lowest BCUT2D eigenvalue weighted by atomic mass is 10.1. The third-order valence-corrected chi connectivity index (χ3v) is 4.05. The lowest BCUT2D eigenvalue weighted by Crippen LogP contribution is -1.73. The van der Waals surface area contributed by atoms with Gasteiger partial charge in [-0.1, -0.05) is 40.7 Å². The van der Waals surface area contributed by atoms with Crippen molar-refractivity contribution in [3.8, 4) is 0 Å². The summed E-state index contributed by atoms with van der Waals surface area (Å²) in [5, 5.41) is 1.27. The number of rotatable bonds is 2. The van der Waals surface area contributed by atoms with Gasteiger partial charge in [-0.15, -0.1) is 11.3 Å². The zero-order valence-electron chi connectivity index (χ0n) is 8.46. The first-order valence-corrected chi connectivity index (χ1v) is 6.35. The molecule has 0 unspecified atom stereocenters. The average Bonchev–Trinajstić information content (AvgIpc) is 2.57. The Balaban J connectivity index is 2.85. The molecule has 0 bridgehead atoms. The maximum Gasteiger partial charge on any atom is 0.0366 e. The summed E-state index contributed by atoms with van der Waals surface area (Å²) in [5.41, 5.74) is 1.22. The number of hydrogen-bond donors (Lipinski definition) is 0. The molecule has 1 aromatic carbocycles. The second-order valence-corrected chi connectivity index (χ2v) is 5.14. The van der Waals surface area contributed by atoms with E-state index in [4.69, 9.17) is 0 Å². The van der Waals surface area contributed by atoms with E-state index < -0.39 is 0 Å². The summed E-state index contributed by atoms with van der Waals surface area (Å²) in [7, 11) is 0. The van der Waals surface area contributed by atoms with Crippen LogP contribution in [-0.4, -0.2) is 0 Å². The summed E-state index contributed by atoms with van der Waals surface area (Å²) in [5.74, 6) is 0. The van der Waals surface area contributed by atoms with Crippen LogP contribution in [0.5, 0.6) is 0 Å². The molecule has 2 aromatic rings. The standard InChI is InChI=1S/C13H11BrS/c1-3-6-11-9(4-2)13-10(14)7-5-8-12(13)15-11/h3-8H,2H2,1H3/b6-3-. The first-order chi connectivity index (χ1) is 7.27. The van der Waals surface area contributed by atoms with Gasteiger partial charge in [-0.3, -0.25) is 0 Å². The number of thiophene rings is 1. The minimum atomic E-state index is 1.14. The molecule has 76 valence electrons. The van der Waals surface area contributed by atoms with Crippen molar-refractivity contribution >= 4 is 49.5 Å². The third kappa shape index (κ3) is 1.80. The molecule has 0 atom stereocenters. The molecule has 0 spiro atoms. The molecule has 0 amide bonds. The molecule has 0 saturated heterocycles. The highest BCUT2D eigenvalue weighted by Crippen LogP contribution is 2.37. The number of fused-ring (bicyclic) bond motifs is 1. The van der Waals surface area contributed by atoms with Crippen LogP contribution in [0, 0.1) is 0 Å². The third-order valence-electron chi connectivity index (χ3n) is 2.25. The molecule has 1 aromatic heterocycles. The Morgan fingerprint density at radius 2 is 2.20 bits per heavy atom. The van der Waals surface area contributed by atoms with E-state index in [1.165, 1.54) is 20.5 Å². The quantitative estimate of drug-likeness (QED) is 0.696. The van der Waals surface area contributed by atoms with Gasteiger partial charge in [0, 0.05) is 25.0 Å². The summed E-state index contributed by atoms with van der Waals surface area (Å²) in [6.07, 6.45) is 6.12. The second kappa shape index (κ2) is 4.33. The van der Waals surface area contributed by atoms with E-state index in [0.29, 0.717) is 0 Å². The topological polar surface area (TPSA) is 0 Å². The van der Waals surface area contributed by atoms with E-state index in [0.717, 1.165) is 4.47 Å². The Labute approximate surface area is 102 Å². The Morgan fingerprint density at radius 3 is 2.87 bits per heavy atom. The van der Waals surface area contributed by atoms with Crippen molar-refractivity contribution in [2.75, 3.05) is 0 Å². The zero-order chi connectivity index (χ0) is 10.8. The maximum absolute atomic E-state index is 3.89. The summed E-state index contributed by atoms with van der Waals surface area (Å²) in [4.78, 5) is 1.27. The van der Waals surface area contributed by atoms with Gasteiger partial charge in [-0.25, -0.2) is 0 Å². The van der Waals surface area contributed by atoms with Gasteiger partial charge in [0.2, 0.25) is 0 Å². The van der Waals surface area contributed by atoms with Gasteiger partial charge in [0.05, 0.1) is 0 Å². The number of allylic oxidation sites excluding steroid dienone is 1. The molecule has 0 fully saturated rings. The van der Waals surface area contributed by atoms with Crippen molar-refractivity contribution in [3.05, 3.63) is 45.8 Å². The van der Waals surface area contributed by atoms with E-state index in [-0.39, 0.29) is 0 Å². The number of benzene rings is 1. The lowest BCUT2D eigenvalue weighted by Gasteiger charge is -1.96. The van der Waals surface area contributed by atoms with Crippen molar-refractivity contribution in [1.82, 2.24) is 0 Å². The van der Waals surface area contributed by atoms with Gasteiger partial charge in [-0.05, 0) is 25.1 Å². The summed E-state index contributed by atoms with van der Waals surface area (Å²) >= 11 is 5.39.